The van der Waals surface area contributed by atoms with Crippen LogP contribution in [0.3, 0.4) is 0 Å². The minimum absolute atomic E-state index is 0.126. The van der Waals surface area contributed by atoms with Gasteiger partial charge >= 0.3 is 0 Å². The highest BCUT2D eigenvalue weighted by atomic mass is 16.5. The van der Waals surface area contributed by atoms with Gasteiger partial charge in [0.25, 0.3) is 0 Å². The second-order valence-electron chi connectivity index (χ2n) is 6.58. The molecule has 0 fully saturated rings. The predicted octanol–water partition coefficient (Wildman–Crippen LogP) is 2.14. The van der Waals surface area contributed by atoms with Gasteiger partial charge in [-0.25, -0.2) is 0 Å². The number of rotatable bonds is 14. The number of ether oxygens (including phenoxy) is 4. The van der Waals surface area contributed by atoms with Gasteiger partial charge in [-0.2, -0.15) is 0 Å². The Kier molecular flexibility index (Phi) is 10.3. The van der Waals surface area contributed by atoms with Crippen LogP contribution in [0.25, 0.3) is 0 Å². The first kappa shape index (κ1) is 23.0. The number of benzene rings is 2. The van der Waals surface area contributed by atoms with Crippen LogP contribution in [0.15, 0.2) is 42.5 Å². The molecule has 0 aliphatic rings. The topological polar surface area (TPSA) is 89.4 Å². The lowest BCUT2D eigenvalue weighted by Gasteiger charge is -2.16. The third-order valence-electron chi connectivity index (χ3n) is 4.31. The van der Waals surface area contributed by atoms with Crippen LogP contribution in [0.2, 0.25) is 0 Å². The number of methoxy groups -OCH3 is 2. The fourth-order valence-electron chi connectivity index (χ4n) is 2.71. The minimum Gasteiger partial charge on any atom is -0.504 e. The Labute approximate surface area is 172 Å². The lowest BCUT2D eigenvalue weighted by molar-refractivity contribution is 0.0591. The Morgan fingerprint density at radius 3 is 2.66 bits per heavy atom. The number of aliphatic hydroxyl groups is 1. The molecule has 0 heterocycles. The largest absolute Gasteiger partial charge is 0.504 e. The van der Waals surface area contributed by atoms with Gasteiger partial charge in [-0.15, -0.1) is 0 Å². The Bertz CT molecular complexity index is 724. The van der Waals surface area contributed by atoms with Gasteiger partial charge in [0.05, 0.1) is 26.9 Å². The summed E-state index contributed by atoms with van der Waals surface area (Å²) in [5, 5.41) is 23.0. The number of hydrogen-bond acceptors (Lipinski definition) is 7. The van der Waals surface area contributed by atoms with Crippen LogP contribution >= 0.6 is 0 Å². The number of nitrogens with one attached hydrogen (secondary N) is 1. The highest BCUT2D eigenvalue weighted by Crippen LogP contribution is 2.26. The third-order valence-corrected chi connectivity index (χ3v) is 4.31. The molecule has 0 amide bonds. The molecule has 0 bridgehead atoms. The summed E-state index contributed by atoms with van der Waals surface area (Å²) in [5.41, 5.74) is 1.98. The lowest BCUT2D eigenvalue weighted by Crippen LogP contribution is -2.32. The molecule has 2 aromatic rings. The van der Waals surface area contributed by atoms with E-state index in [-0.39, 0.29) is 12.4 Å². The van der Waals surface area contributed by atoms with Gasteiger partial charge in [0.2, 0.25) is 0 Å². The number of hydrogen-bond donors (Lipinski definition) is 3. The van der Waals surface area contributed by atoms with Crippen LogP contribution in [0.5, 0.6) is 17.2 Å². The molecule has 7 nitrogen and oxygen atoms in total. The average molecular weight is 405 g/mol. The molecule has 2 aromatic carbocycles. The van der Waals surface area contributed by atoms with Gasteiger partial charge in [-0.3, -0.25) is 0 Å². The summed E-state index contributed by atoms with van der Waals surface area (Å²) >= 11 is 0. The maximum absolute atomic E-state index is 10.2. The van der Waals surface area contributed by atoms with Gasteiger partial charge in [0, 0.05) is 19.2 Å². The molecule has 1 atom stereocenters. The smallest absolute Gasteiger partial charge is 0.160 e. The minimum atomic E-state index is -0.633. The summed E-state index contributed by atoms with van der Waals surface area (Å²) in [4.78, 5) is 0. The summed E-state index contributed by atoms with van der Waals surface area (Å²) in [6, 6.07) is 12.9. The van der Waals surface area contributed by atoms with Gasteiger partial charge in [0.1, 0.15) is 18.5 Å². The molecule has 1 unspecified atom stereocenters. The van der Waals surface area contributed by atoms with Crippen molar-refractivity contribution in [1.82, 2.24) is 5.32 Å². The van der Waals surface area contributed by atoms with E-state index in [2.05, 4.69) is 5.32 Å². The van der Waals surface area contributed by atoms with E-state index in [0.717, 1.165) is 17.5 Å². The SMILES string of the molecule is COCCOCc1ccccc1OCC(O)CNCCc1ccc(O)c(OC)c1. The van der Waals surface area contributed by atoms with E-state index in [0.29, 0.717) is 44.4 Å². The van der Waals surface area contributed by atoms with E-state index in [9.17, 15) is 10.2 Å². The highest BCUT2D eigenvalue weighted by Gasteiger charge is 2.09. The summed E-state index contributed by atoms with van der Waals surface area (Å²) in [7, 11) is 3.16. The van der Waals surface area contributed by atoms with E-state index in [1.165, 1.54) is 7.11 Å². The van der Waals surface area contributed by atoms with Gasteiger partial charge in [0.15, 0.2) is 11.5 Å². The van der Waals surface area contributed by atoms with E-state index in [4.69, 9.17) is 18.9 Å². The summed E-state index contributed by atoms with van der Waals surface area (Å²) in [6.07, 6.45) is 0.123. The van der Waals surface area contributed by atoms with Gasteiger partial charge < -0.3 is 34.5 Å². The maximum atomic E-state index is 10.2. The molecular weight excluding hydrogens is 374 g/mol. The van der Waals surface area contributed by atoms with Crippen LogP contribution in [0.1, 0.15) is 11.1 Å². The zero-order chi connectivity index (χ0) is 20.9. The van der Waals surface area contributed by atoms with Crippen molar-refractivity contribution in [3.63, 3.8) is 0 Å². The molecule has 160 valence electrons. The van der Waals surface area contributed by atoms with Crippen LogP contribution in [0, 0.1) is 0 Å². The van der Waals surface area contributed by atoms with Crippen LogP contribution < -0.4 is 14.8 Å². The Morgan fingerprint density at radius 1 is 1.03 bits per heavy atom. The molecule has 0 aliphatic heterocycles. The average Bonchev–Trinajstić information content (AvgIpc) is 2.74. The molecule has 0 aromatic heterocycles. The zero-order valence-corrected chi connectivity index (χ0v) is 17.1. The van der Waals surface area contributed by atoms with Crippen molar-refractivity contribution in [3.05, 3.63) is 53.6 Å². The van der Waals surface area contributed by atoms with Crippen molar-refractivity contribution in [2.45, 2.75) is 19.1 Å². The molecule has 0 radical (unpaired) electrons. The molecule has 3 N–H and O–H groups in total. The number of para-hydroxylation sites is 1. The second-order valence-corrected chi connectivity index (χ2v) is 6.58. The Morgan fingerprint density at radius 2 is 1.86 bits per heavy atom. The first-order chi connectivity index (χ1) is 14.1. The Hall–Kier alpha value is -2.32. The standard InChI is InChI=1S/C22H31NO6/c1-26-11-12-28-15-18-5-3-4-6-21(18)29-16-19(24)14-23-10-9-17-7-8-20(25)22(13-17)27-2/h3-8,13,19,23-25H,9-12,14-16H2,1-2H3. The van der Waals surface area contributed by atoms with Crippen LogP contribution in [-0.2, 0) is 22.5 Å². The monoisotopic (exact) mass is 405 g/mol. The molecule has 0 aliphatic carbocycles. The molecule has 0 saturated carbocycles. The molecule has 7 heteroatoms. The number of aliphatic hydroxyl groups excluding tert-OH is 1. The maximum Gasteiger partial charge on any atom is 0.160 e. The predicted molar refractivity (Wildman–Crippen MR) is 111 cm³/mol. The molecule has 29 heavy (non-hydrogen) atoms. The highest BCUT2D eigenvalue weighted by molar-refractivity contribution is 5.41. The fraction of sp³-hybridized carbons (Fsp3) is 0.455. The molecule has 2 rings (SSSR count). The van der Waals surface area contributed by atoms with Crippen LogP contribution in [0.4, 0.5) is 0 Å². The van der Waals surface area contributed by atoms with Crippen molar-refractivity contribution in [3.8, 4) is 17.2 Å². The molecule has 0 spiro atoms. The van der Waals surface area contributed by atoms with Crippen molar-refractivity contribution in [2.75, 3.05) is 47.1 Å². The van der Waals surface area contributed by atoms with Gasteiger partial charge in [-0.05, 0) is 36.7 Å². The first-order valence-electron chi connectivity index (χ1n) is 9.66. The normalized spacial score (nSPS) is 12.0. The number of aromatic hydroxyl groups is 1. The molecule has 0 saturated heterocycles. The second kappa shape index (κ2) is 13.0. The van der Waals surface area contributed by atoms with E-state index in [1.54, 1.807) is 13.2 Å². The lowest BCUT2D eigenvalue weighted by atomic mass is 10.1. The molecular formula is C22H31NO6. The summed E-state index contributed by atoms with van der Waals surface area (Å²) in [5.74, 6) is 1.29. The Balaban J connectivity index is 1.69. The fourth-order valence-corrected chi connectivity index (χ4v) is 2.71. The third kappa shape index (κ3) is 8.29. The first-order valence-corrected chi connectivity index (χ1v) is 9.66. The van der Waals surface area contributed by atoms with E-state index >= 15 is 0 Å². The van der Waals surface area contributed by atoms with Crippen molar-refractivity contribution >= 4 is 0 Å². The van der Waals surface area contributed by atoms with E-state index < -0.39 is 6.10 Å². The summed E-state index contributed by atoms with van der Waals surface area (Å²) < 4.78 is 21.4. The zero-order valence-electron chi connectivity index (χ0n) is 17.1. The number of phenols is 1. The number of phenolic OH excluding ortho intramolecular Hbond substituents is 1. The quantitative estimate of drug-likeness (QED) is 0.415. The van der Waals surface area contributed by atoms with Crippen LogP contribution in [-0.4, -0.2) is 63.4 Å². The van der Waals surface area contributed by atoms with Crippen molar-refractivity contribution < 1.29 is 29.2 Å². The van der Waals surface area contributed by atoms with Crippen molar-refractivity contribution in [1.29, 1.82) is 0 Å². The van der Waals surface area contributed by atoms with E-state index in [1.807, 2.05) is 36.4 Å². The summed E-state index contributed by atoms with van der Waals surface area (Å²) in [6.45, 7) is 2.80. The van der Waals surface area contributed by atoms with Crippen molar-refractivity contribution in [2.24, 2.45) is 0 Å². The van der Waals surface area contributed by atoms with Gasteiger partial charge in [-0.1, -0.05) is 24.3 Å².